The lowest BCUT2D eigenvalue weighted by Crippen LogP contribution is -2.24. The third-order valence-corrected chi connectivity index (χ3v) is 1.97. The Balaban J connectivity index is 2.58. The van der Waals surface area contributed by atoms with E-state index in [1.807, 2.05) is 0 Å². The van der Waals surface area contributed by atoms with Crippen LogP contribution in [0.15, 0.2) is 11.6 Å². The van der Waals surface area contributed by atoms with Gasteiger partial charge in [-0.15, -0.1) is 0 Å². The van der Waals surface area contributed by atoms with E-state index in [0.717, 1.165) is 18.4 Å². The molecule has 1 aliphatic rings. The number of rotatable bonds is 1. The van der Waals surface area contributed by atoms with Gasteiger partial charge in [-0.3, -0.25) is 4.79 Å². The van der Waals surface area contributed by atoms with Crippen LogP contribution in [0.5, 0.6) is 0 Å². The molecule has 0 spiro atoms. The largest absolute Gasteiger partial charge is 0.345 e. The fraction of sp³-hybridized carbons (Fsp3) is 0.667. The molecule has 0 saturated heterocycles. The molecule has 0 bridgehead atoms. The van der Waals surface area contributed by atoms with Crippen molar-refractivity contribution in [1.29, 1.82) is 0 Å². The molecule has 0 saturated carbocycles. The lowest BCUT2D eigenvalue weighted by molar-refractivity contribution is -0.124. The first-order chi connectivity index (χ1) is 5.22. The predicted octanol–water partition coefficient (Wildman–Crippen LogP) is 1.57. The summed E-state index contributed by atoms with van der Waals surface area (Å²) < 4.78 is 0. The molecule has 2 nitrogen and oxygen atoms in total. The molecule has 0 radical (unpaired) electrons. The maximum Gasteiger partial charge on any atom is 0.248 e. The van der Waals surface area contributed by atoms with Gasteiger partial charge in [0.15, 0.2) is 0 Å². The van der Waals surface area contributed by atoms with Crippen LogP contribution in [-0.4, -0.2) is 24.9 Å². The van der Waals surface area contributed by atoms with E-state index in [-0.39, 0.29) is 5.91 Å². The number of hydrogen-bond acceptors (Lipinski definition) is 1. The van der Waals surface area contributed by atoms with E-state index in [2.05, 4.69) is 6.08 Å². The second kappa shape index (κ2) is 3.56. The minimum Gasteiger partial charge on any atom is -0.345 e. The van der Waals surface area contributed by atoms with Gasteiger partial charge in [-0.05, 0) is 25.7 Å². The smallest absolute Gasteiger partial charge is 0.248 e. The first-order valence-electron chi connectivity index (χ1n) is 4.12. The van der Waals surface area contributed by atoms with E-state index in [4.69, 9.17) is 0 Å². The van der Waals surface area contributed by atoms with Crippen molar-refractivity contribution in [2.75, 3.05) is 14.1 Å². The van der Waals surface area contributed by atoms with Crippen LogP contribution in [0.1, 0.15) is 25.7 Å². The van der Waals surface area contributed by atoms with E-state index >= 15 is 0 Å². The standard InChI is InChI=1S/C9H15NO/c1-10(2)9(11)8-6-4-3-5-7-8/h6H,3-5,7H2,1-2H3. The first-order valence-corrected chi connectivity index (χ1v) is 4.12. The SMILES string of the molecule is CN(C)C(=O)C1=CCCCC1. The van der Waals surface area contributed by atoms with E-state index < -0.39 is 0 Å². The van der Waals surface area contributed by atoms with Gasteiger partial charge in [0.05, 0.1) is 0 Å². The summed E-state index contributed by atoms with van der Waals surface area (Å²) in [6, 6.07) is 0. The Morgan fingerprint density at radius 1 is 1.45 bits per heavy atom. The van der Waals surface area contributed by atoms with Gasteiger partial charge in [-0.25, -0.2) is 0 Å². The van der Waals surface area contributed by atoms with E-state index in [0.29, 0.717) is 0 Å². The van der Waals surface area contributed by atoms with Crippen molar-refractivity contribution in [3.8, 4) is 0 Å². The molecular formula is C9H15NO. The van der Waals surface area contributed by atoms with Crippen molar-refractivity contribution >= 4 is 5.91 Å². The van der Waals surface area contributed by atoms with Crippen LogP contribution in [-0.2, 0) is 4.79 Å². The van der Waals surface area contributed by atoms with Crippen molar-refractivity contribution in [3.05, 3.63) is 11.6 Å². The molecule has 0 unspecified atom stereocenters. The molecule has 11 heavy (non-hydrogen) atoms. The molecule has 2 heteroatoms. The Bertz CT molecular complexity index is 182. The van der Waals surface area contributed by atoms with Crippen LogP contribution in [0.4, 0.5) is 0 Å². The zero-order valence-corrected chi connectivity index (χ0v) is 7.26. The number of hydrogen-bond donors (Lipinski definition) is 0. The molecule has 0 aromatic rings. The highest BCUT2D eigenvalue weighted by atomic mass is 16.2. The number of carbonyl (C=O) groups excluding carboxylic acids is 1. The molecule has 62 valence electrons. The van der Waals surface area contributed by atoms with Gasteiger partial charge in [-0.2, -0.15) is 0 Å². The lowest BCUT2D eigenvalue weighted by atomic mass is 9.99. The summed E-state index contributed by atoms with van der Waals surface area (Å²) in [6.07, 6.45) is 6.54. The van der Waals surface area contributed by atoms with Gasteiger partial charge in [0.1, 0.15) is 0 Å². The summed E-state index contributed by atoms with van der Waals surface area (Å²) in [5, 5.41) is 0. The molecule has 0 N–H and O–H groups in total. The van der Waals surface area contributed by atoms with Crippen LogP contribution >= 0.6 is 0 Å². The van der Waals surface area contributed by atoms with Crippen LogP contribution < -0.4 is 0 Å². The molecule has 0 aliphatic heterocycles. The maximum atomic E-state index is 11.4. The molecule has 0 fully saturated rings. The van der Waals surface area contributed by atoms with Crippen molar-refractivity contribution in [1.82, 2.24) is 4.90 Å². The Morgan fingerprint density at radius 3 is 2.64 bits per heavy atom. The number of likely N-dealkylation sites (N-methyl/N-ethyl adjacent to an activating group) is 1. The molecule has 1 aliphatic carbocycles. The van der Waals surface area contributed by atoms with Gasteiger partial charge < -0.3 is 4.90 Å². The van der Waals surface area contributed by atoms with E-state index in [1.165, 1.54) is 12.8 Å². The normalized spacial score (nSPS) is 17.5. The number of carbonyl (C=O) groups is 1. The molecule has 0 aromatic heterocycles. The molecule has 1 amide bonds. The Labute approximate surface area is 67.9 Å². The summed E-state index contributed by atoms with van der Waals surface area (Å²) in [4.78, 5) is 13.0. The van der Waals surface area contributed by atoms with Gasteiger partial charge in [0.2, 0.25) is 5.91 Å². The minimum atomic E-state index is 0.185. The minimum absolute atomic E-state index is 0.185. The van der Waals surface area contributed by atoms with Gasteiger partial charge in [0.25, 0.3) is 0 Å². The quantitative estimate of drug-likeness (QED) is 0.560. The summed E-state index contributed by atoms with van der Waals surface area (Å²) >= 11 is 0. The second-order valence-corrected chi connectivity index (χ2v) is 3.17. The van der Waals surface area contributed by atoms with E-state index in [1.54, 1.807) is 19.0 Å². The zero-order chi connectivity index (χ0) is 8.27. The number of allylic oxidation sites excluding steroid dienone is 1. The molecular weight excluding hydrogens is 138 g/mol. The van der Waals surface area contributed by atoms with Crippen molar-refractivity contribution in [2.24, 2.45) is 0 Å². The van der Waals surface area contributed by atoms with Crippen LogP contribution in [0, 0.1) is 0 Å². The fourth-order valence-corrected chi connectivity index (χ4v) is 1.32. The van der Waals surface area contributed by atoms with Crippen molar-refractivity contribution < 1.29 is 4.79 Å². The monoisotopic (exact) mass is 153 g/mol. The Kier molecular flexibility index (Phi) is 2.69. The van der Waals surface area contributed by atoms with Gasteiger partial charge in [-0.1, -0.05) is 6.08 Å². The average molecular weight is 153 g/mol. The highest BCUT2D eigenvalue weighted by Crippen LogP contribution is 2.18. The predicted molar refractivity (Wildman–Crippen MR) is 45.2 cm³/mol. The van der Waals surface area contributed by atoms with Crippen molar-refractivity contribution in [2.45, 2.75) is 25.7 Å². The van der Waals surface area contributed by atoms with Crippen LogP contribution in [0.25, 0.3) is 0 Å². The number of amides is 1. The van der Waals surface area contributed by atoms with Gasteiger partial charge >= 0.3 is 0 Å². The molecule has 1 rings (SSSR count). The summed E-state index contributed by atoms with van der Waals surface area (Å²) in [5.74, 6) is 0.185. The molecule has 0 heterocycles. The van der Waals surface area contributed by atoms with E-state index in [9.17, 15) is 4.79 Å². The average Bonchev–Trinajstić information content (AvgIpc) is 2.05. The van der Waals surface area contributed by atoms with Crippen LogP contribution in [0.3, 0.4) is 0 Å². The Hall–Kier alpha value is -0.790. The fourth-order valence-electron chi connectivity index (χ4n) is 1.32. The Morgan fingerprint density at radius 2 is 2.18 bits per heavy atom. The highest BCUT2D eigenvalue weighted by molar-refractivity contribution is 5.93. The topological polar surface area (TPSA) is 20.3 Å². The first kappa shape index (κ1) is 8.31. The van der Waals surface area contributed by atoms with Gasteiger partial charge in [0, 0.05) is 19.7 Å². The summed E-state index contributed by atoms with van der Waals surface area (Å²) in [7, 11) is 3.61. The third-order valence-electron chi connectivity index (χ3n) is 1.97. The third kappa shape index (κ3) is 2.07. The van der Waals surface area contributed by atoms with Crippen LogP contribution in [0.2, 0.25) is 0 Å². The number of nitrogens with zero attached hydrogens (tertiary/aromatic N) is 1. The highest BCUT2D eigenvalue weighted by Gasteiger charge is 2.12. The molecule has 0 atom stereocenters. The summed E-state index contributed by atoms with van der Waals surface area (Å²) in [5.41, 5.74) is 1.00. The van der Waals surface area contributed by atoms with Crippen molar-refractivity contribution in [3.63, 3.8) is 0 Å². The maximum absolute atomic E-state index is 11.4. The summed E-state index contributed by atoms with van der Waals surface area (Å²) in [6.45, 7) is 0. The zero-order valence-electron chi connectivity index (χ0n) is 7.26. The molecule has 0 aromatic carbocycles. The lowest BCUT2D eigenvalue weighted by Gasteiger charge is -2.16. The second-order valence-electron chi connectivity index (χ2n) is 3.17.